The number of anilines is 1. The summed E-state index contributed by atoms with van der Waals surface area (Å²) in [6, 6.07) is 21.0. The number of rotatable bonds is 6. The van der Waals surface area contributed by atoms with Gasteiger partial charge >= 0.3 is 0 Å². The molecule has 1 aliphatic carbocycles. The van der Waals surface area contributed by atoms with Crippen molar-refractivity contribution in [2.24, 2.45) is 23.7 Å². The lowest BCUT2D eigenvalue weighted by molar-refractivity contribution is -0.384. The highest BCUT2D eigenvalue weighted by Gasteiger charge is 2.67. The first kappa shape index (κ1) is 25.0. The fourth-order valence-corrected chi connectivity index (χ4v) is 6.28. The van der Waals surface area contributed by atoms with E-state index in [2.05, 4.69) is 0 Å². The molecule has 2 heterocycles. The Labute approximate surface area is 223 Å². The van der Waals surface area contributed by atoms with Gasteiger partial charge in [-0.3, -0.25) is 19.7 Å². The predicted octanol–water partition coefficient (Wildman–Crippen LogP) is 3.97. The minimum Gasteiger partial charge on any atom is -0.508 e. The van der Waals surface area contributed by atoms with Gasteiger partial charge in [-0.2, -0.15) is 0 Å². The Balaban J connectivity index is 1.36. The van der Waals surface area contributed by atoms with Crippen LogP contribution >= 0.6 is 0 Å². The molecular formula is C29H26N2O8. The van der Waals surface area contributed by atoms with Crippen molar-refractivity contribution >= 4 is 23.2 Å². The molecule has 39 heavy (non-hydrogen) atoms. The van der Waals surface area contributed by atoms with Gasteiger partial charge in [0.2, 0.25) is 11.8 Å². The van der Waals surface area contributed by atoms with Crippen LogP contribution in [0.2, 0.25) is 0 Å². The van der Waals surface area contributed by atoms with Crippen molar-refractivity contribution in [1.29, 1.82) is 0 Å². The molecule has 3 aromatic rings. The van der Waals surface area contributed by atoms with Crippen molar-refractivity contribution in [1.82, 2.24) is 0 Å². The lowest BCUT2D eigenvalue weighted by Crippen LogP contribution is -2.55. The fraction of sp³-hybridized carbons (Fsp3) is 0.310. The zero-order chi connectivity index (χ0) is 27.3. The first-order valence-electron chi connectivity index (χ1n) is 12.8. The number of phenols is 1. The van der Waals surface area contributed by atoms with Crippen LogP contribution in [0.15, 0.2) is 78.9 Å². The van der Waals surface area contributed by atoms with Crippen molar-refractivity contribution in [3.05, 3.63) is 94.5 Å². The maximum absolute atomic E-state index is 13.8. The molecule has 3 aromatic carbocycles. The number of benzene rings is 3. The van der Waals surface area contributed by atoms with Gasteiger partial charge in [-0.1, -0.05) is 36.4 Å². The molecule has 10 nitrogen and oxygen atoms in total. The molecule has 6 atom stereocenters. The van der Waals surface area contributed by atoms with E-state index in [4.69, 9.17) is 9.47 Å². The zero-order valence-corrected chi connectivity index (χ0v) is 20.8. The van der Waals surface area contributed by atoms with E-state index in [0.29, 0.717) is 5.75 Å². The van der Waals surface area contributed by atoms with Crippen LogP contribution in [0.25, 0.3) is 0 Å². The molecule has 0 bridgehead atoms. The van der Waals surface area contributed by atoms with E-state index in [0.717, 1.165) is 10.5 Å². The Hall–Kier alpha value is -4.28. The van der Waals surface area contributed by atoms with Crippen molar-refractivity contribution in [3.8, 4) is 11.5 Å². The minimum absolute atomic E-state index is 0.0564. The van der Waals surface area contributed by atoms with Crippen LogP contribution in [0.5, 0.6) is 11.5 Å². The Morgan fingerprint density at radius 2 is 1.74 bits per heavy atom. The Morgan fingerprint density at radius 1 is 1.00 bits per heavy atom. The van der Waals surface area contributed by atoms with Crippen molar-refractivity contribution in [3.63, 3.8) is 0 Å². The van der Waals surface area contributed by atoms with Crippen LogP contribution in [0.1, 0.15) is 24.5 Å². The van der Waals surface area contributed by atoms with E-state index in [1.165, 1.54) is 36.4 Å². The molecular weight excluding hydrogens is 504 g/mol. The number of para-hydroxylation sites is 1. The molecule has 200 valence electrons. The van der Waals surface area contributed by atoms with Gasteiger partial charge < -0.3 is 19.7 Å². The number of hydrogen-bond acceptors (Lipinski definition) is 8. The van der Waals surface area contributed by atoms with Crippen LogP contribution in [0.3, 0.4) is 0 Å². The average molecular weight is 531 g/mol. The average Bonchev–Trinajstić information content (AvgIpc) is 3.41. The van der Waals surface area contributed by atoms with Crippen molar-refractivity contribution < 1.29 is 34.2 Å². The number of nitro benzene ring substituents is 1. The number of carbonyl (C=O) groups is 2. The molecule has 3 fully saturated rings. The monoisotopic (exact) mass is 530 g/mol. The molecule has 0 unspecified atom stereocenters. The molecule has 0 spiro atoms. The van der Waals surface area contributed by atoms with E-state index in [9.17, 15) is 29.9 Å². The number of fused-ring (bicyclic) bond motifs is 3. The highest BCUT2D eigenvalue weighted by atomic mass is 16.6. The van der Waals surface area contributed by atoms with Crippen LogP contribution in [-0.2, 0) is 14.3 Å². The number of non-ortho nitro benzene ring substituents is 1. The molecule has 2 aliphatic heterocycles. The highest BCUT2D eigenvalue weighted by molar-refractivity contribution is 6.22. The quantitative estimate of drug-likeness (QED) is 0.277. The standard InChI is InChI=1S/C29H26N2O8/c32-21-11-9-17(10-12-21)25-15-24-26-23(13-18(29(24,35)39-25)16-38-22-7-2-1-3-8-22)27(33)30(28(26)34)19-5-4-6-20(14-19)31(36)37/h1-12,14,18,23-26,32,35H,13,15-16H2/t18-,23+,24+,25+,26+,29-/m1/s1. The normalized spacial score (nSPS) is 29.7. The van der Waals surface area contributed by atoms with Gasteiger partial charge in [0.1, 0.15) is 11.5 Å². The number of phenolic OH excluding ortho intramolecular Hbond substituents is 1. The molecule has 0 radical (unpaired) electrons. The number of imide groups is 1. The lowest BCUT2D eigenvalue weighted by atomic mass is 9.64. The Kier molecular flexibility index (Phi) is 6.08. The molecule has 6 rings (SSSR count). The van der Waals surface area contributed by atoms with Crippen molar-refractivity contribution in [2.45, 2.75) is 24.7 Å². The smallest absolute Gasteiger partial charge is 0.271 e. The van der Waals surface area contributed by atoms with Crippen LogP contribution in [0, 0.1) is 33.8 Å². The summed E-state index contributed by atoms with van der Waals surface area (Å²) in [7, 11) is 0. The third-order valence-electron chi connectivity index (χ3n) is 8.12. The first-order chi connectivity index (χ1) is 18.8. The van der Waals surface area contributed by atoms with Gasteiger partial charge in [0.25, 0.3) is 5.69 Å². The molecule has 1 saturated carbocycles. The number of nitro groups is 1. The molecule has 10 heteroatoms. The van der Waals surface area contributed by atoms with Gasteiger partial charge in [0, 0.05) is 24.0 Å². The number of hydrogen-bond donors (Lipinski definition) is 2. The Morgan fingerprint density at radius 3 is 2.46 bits per heavy atom. The first-order valence-corrected chi connectivity index (χ1v) is 12.8. The number of amides is 2. The van der Waals surface area contributed by atoms with Crippen LogP contribution in [-0.4, -0.2) is 39.3 Å². The lowest BCUT2D eigenvalue weighted by Gasteiger charge is -2.44. The number of carbonyl (C=O) groups excluding carboxylic acids is 2. The maximum atomic E-state index is 13.8. The topological polar surface area (TPSA) is 139 Å². The summed E-state index contributed by atoms with van der Waals surface area (Å²) in [6.07, 6.45) is -0.164. The summed E-state index contributed by atoms with van der Waals surface area (Å²) in [5.41, 5.74) is 0.621. The molecule has 2 saturated heterocycles. The number of aliphatic hydroxyl groups is 1. The highest BCUT2D eigenvalue weighted by Crippen LogP contribution is 2.58. The summed E-state index contributed by atoms with van der Waals surface area (Å²) in [5, 5.41) is 33.1. The zero-order valence-electron chi connectivity index (χ0n) is 20.8. The van der Waals surface area contributed by atoms with Crippen LogP contribution in [0.4, 0.5) is 11.4 Å². The third-order valence-corrected chi connectivity index (χ3v) is 8.12. The van der Waals surface area contributed by atoms with Crippen LogP contribution < -0.4 is 9.64 Å². The van der Waals surface area contributed by atoms with E-state index in [1.54, 1.807) is 24.3 Å². The summed E-state index contributed by atoms with van der Waals surface area (Å²) in [5.74, 6) is -4.99. The third kappa shape index (κ3) is 4.21. The number of aromatic hydroxyl groups is 1. The molecule has 0 aromatic heterocycles. The van der Waals surface area contributed by atoms with E-state index < -0.39 is 52.3 Å². The van der Waals surface area contributed by atoms with E-state index in [-0.39, 0.29) is 36.6 Å². The second-order valence-corrected chi connectivity index (χ2v) is 10.3. The second kappa shape index (κ2) is 9.48. The summed E-state index contributed by atoms with van der Waals surface area (Å²) in [6.45, 7) is 0.0564. The maximum Gasteiger partial charge on any atom is 0.271 e. The summed E-state index contributed by atoms with van der Waals surface area (Å²) >= 11 is 0. The fourth-order valence-electron chi connectivity index (χ4n) is 6.28. The van der Waals surface area contributed by atoms with Gasteiger partial charge in [-0.05, 0) is 48.7 Å². The molecule has 2 amide bonds. The largest absolute Gasteiger partial charge is 0.508 e. The second-order valence-electron chi connectivity index (χ2n) is 10.3. The van der Waals surface area contributed by atoms with Gasteiger partial charge in [-0.15, -0.1) is 0 Å². The molecule has 3 aliphatic rings. The van der Waals surface area contributed by atoms with Gasteiger partial charge in [0.15, 0.2) is 5.79 Å². The number of nitrogens with zero attached hydrogens (tertiary/aromatic N) is 2. The molecule has 2 N–H and O–H groups in total. The van der Waals surface area contributed by atoms with Gasteiger partial charge in [-0.25, -0.2) is 4.90 Å². The Bertz CT molecular complexity index is 1430. The summed E-state index contributed by atoms with van der Waals surface area (Å²) < 4.78 is 12.3. The number of ether oxygens (including phenoxy) is 2. The van der Waals surface area contributed by atoms with Gasteiger partial charge in [0.05, 0.1) is 35.2 Å². The van der Waals surface area contributed by atoms with E-state index >= 15 is 0 Å². The SMILES string of the molecule is O=C1[C@H]2[C@H](C[C@H](COc3ccccc3)[C@@]3(O)O[C@H](c4ccc(O)cc4)C[C@@H]23)C(=O)N1c1cccc([N+](=O)[O-])c1. The predicted molar refractivity (Wildman–Crippen MR) is 138 cm³/mol. The minimum atomic E-state index is -1.76. The summed E-state index contributed by atoms with van der Waals surface area (Å²) in [4.78, 5) is 39.2. The van der Waals surface area contributed by atoms with Crippen molar-refractivity contribution in [2.75, 3.05) is 11.5 Å². The van der Waals surface area contributed by atoms with E-state index in [1.807, 2.05) is 18.2 Å².